The maximum absolute atomic E-state index is 12.7. The zero-order valence-corrected chi connectivity index (χ0v) is 14.2. The van der Waals surface area contributed by atoms with E-state index in [0.717, 1.165) is 16.9 Å². The second-order valence-corrected chi connectivity index (χ2v) is 6.21. The van der Waals surface area contributed by atoms with Gasteiger partial charge in [0.25, 0.3) is 0 Å². The first kappa shape index (κ1) is 17.0. The summed E-state index contributed by atoms with van der Waals surface area (Å²) < 4.78 is 0. The van der Waals surface area contributed by atoms with Crippen molar-refractivity contribution in [1.29, 1.82) is 0 Å². The first-order valence-corrected chi connectivity index (χ1v) is 8.54. The average Bonchev–Trinajstić information content (AvgIpc) is 2.65. The van der Waals surface area contributed by atoms with Gasteiger partial charge in [0.05, 0.1) is 0 Å². The number of benzene rings is 2. The maximum atomic E-state index is 12.7. The number of para-hydroxylation sites is 2. The predicted molar refractivity (Wildman–Crippen MR) is 100 cm³/mol. The molecule has 1 atom stereocenters. The first-order chi connectivity index (χ1) is 12.2. The third kappa shape index (κ3) is 3.97. The zero-order chi connectivity index (χ0) is 17.6. The van der Waals surface area contributed by atoms with E-state index in [1.165, 1.54) is 0 Å². The summed E-state index contributed by atoms with van der Waals surface area (Å²) in [5.41, 5.74) is 2.86. The number of hydrogen-bond acceptors (Lipinski definition) is 2. The van der Waals surface area contributed by atoms with Gasteiger partial charge in [-0.1, -0.05) is 42.5 Å². The van der Waals surface area contributed by atoms with Crippen LogP contribution in [0.1, 0.15) is 18.4 Å². The smallest absolute Gasteiger partial charge is 0.227 e. The summed E-state index contributed by atoms with van der Waals surface area (Å²) in [6.45, 7) is 4.20. The van der Waals surface area contributed by atoms with Crippen LogP contribution in [0.4, 0.5) is 11.4 Å². The van der Waals surface area contributed by atoms with Crippen molar-refractivity contribution in [3.05, 3.63) is 72.8 Å². The summed E-state index contributed by atoms with van der Waals surface area (Å²) in [7, 11) is 0. The van der Waals surface area contributed by atoms with Crippen molar-refractivity contribution < 1.29 is 9.59 Å². The monoisotopic (exact) mass is 334 g/mol. The number of rotatable bonds is 6. The minimum absolute atomic E-state index is 0.00137. The van der Waals surface area contributed by atoms with Gasteiger partial charge in [0.15, 0.2) is 0 Å². The molecule has 128 valence electrons. The molecule has 0 bridgehead atoms. The van der Waals surface area contributed by atoms with Gasteiger partial charge in [-0.05, 0) is 36.6 Å². The highest BCUT2D eigenvalue weighted by atomic mass is 16.2. The van der Waals surface area contributed by atoms with E-state index in [1.54, 1.807) is 11.0 Å². The lowest BCUT2D eigenvalue weighted by atomic mass is 9.89. The Morgan fingerprint density at radius 1 is 1.16 bits per heavy atom. The fourth-order valence-corrected chi connectivity index (χ4v) is 3.17. The van der Waals surface area contributed by atoms with E-state index in [0.29, 0.717) is 25.8 Å². The number of fused-ring (bicyclic) bond motifs is 1. The molecule has 1 unspecified atom stereocenters. The van der Waals surface area contributed by atoms with Gasteiger partial charge in [-0.2, -0.15) is 0 Å². The van der Waals surface area contributed by atoms with Crippen molar-refractivity contribution in [1.82, 2.24) is 0 Å². The molecule has 0 spiro atoms. The van der Waals surface area contributed by atoms with Crippen LogP contribution < -0.4 is 10.2 Å². The van der Waals surface area contributed by atoms with E-state index in [9.17, 15) is 9.59 Å². The molecule has 1 aliphatic rings. The SMILES string of the molecule is C=CCN(C(=O)CCC1Cc2ccccc2NC1=O)c1ccccc1. The minimum atomic E-state index is -0.166. The van der Waals surface area contributed by atoms with E-state index < -0.39 is 0 Å². The first-order valence-electron chi connectivity index (χ1n) is 8.54. The molecular weight excluding hydrogens is 312 g/mol. The van der Waals surface area contributed by atoms with E-state index >= 15 is 0 Å². The Morgan fingerprint density at radius 2 is 1.88 bits per heavy atom. The summed E-state index contributed by atoms with van der Waals surface area (Å²) in [5.74, 6) is -0.153. The summed E-state index contributed by atoms with van der Waals surface area (Å²) >= 11 is 0. The zero-order valence-electron chi connectivity index (χ0n) is 14.2. The second-order valence-electron chi connectivity index (χ2n) is 6.21. The lowest BCUT2D eigenvalue weighted by Gasteiger charge is -2.26. The summed E-state index contributed by atoms with van der Waals surface area (Å²) in [6, 6.07) is 17.4. The van der Waals surface area contributed by atoms with E-state index in [-0.39, 0.29) is 17.7 Å². The van der Waals surface area contributed by atoms with Crippen molar-refractivity contribution in [2.24, 2.45) is 5.92 Å². The Morgan fingerprint density at radius 3 is 2.64 bits per heavy atom. The molecule has 1 N–H and O–H groups in total. The van der Waals surface area contributed by atoms with E-state index in [4.69, 9.17) is 0 Å². The van der Waals surface area contributed by atoms with Gasteiger partial charge < -0.3 is 10.2 Å². The Bertz CT molecular complexity index is 770. The van der Waals surface area contributed by atoms with Crippen molar-refractivity contribution in [3.63, 3.8) is 0 Å². The van der Waals surface area contributed by atoms with Gasteiger partial charge in [-0.3, -0.25) is 9.59 Å². The van der Waals surface area contributed by atoms with Gasteiger partial charge in [-0.15, -0.1) is 6.58 Å². The molecule has 2 aromatic carbocycles. The normalized spacial score (nSPS) is 15.8. The van der Waals surface area contributed by atoms with Crippen LogP contribution in [0.25, 0.3) is 0 Å². The molecule has 1 aliphatic heterocycles. The van der Waals surface area contributed by atoms with Gasteiger partial charge in [0.2, 0.25) is 11.8 Å². The minimum Gasteiger partial charge on any atom is -0.326 e. The average molecular weight is 334 g/mol. The largest absolute Gasteiger partial charge is 0.326 e. The summed E-state index contributed by atoms with van der Waals surface area (Å²) in [4.78, 5) is 26.7. The Labute approximate surface area is 148 Å². The Balaban J connectivity index is 1.65. The molecule has 0 aromatic heterocycles. The van der Waals surface area contributed by atoms with Crippen molar-refractivity contribution in [3.8, 4) is 0 Å². The highest BCUT2D eigenvalue weighted by molar-refractivity contribution is 5.97. The molecule has 0 saturated carbocycles. The molecular formula is C21H22N2O2. The van der Waals surface area contributed by atoms with Crippen molar-refractivity contribution in [2.45, 2.75) is 19.3 Å². The number of amides is 2. The molecule has 0 fully saturated rings. The molecule has 0 radical (unpaired) electrons. The number of carbonyl (C=O) groups is 2. The predicted octanol–water partition coefficient (Wildman–Crippen LogP) is 3.80. The number of anilines is 2. The number of nitrogens with one attached hydrogen (secondary N) is 1. The van der Waals surface area contributed by atoms with Gasteiger partial charge >= 0.3 is 0 Å². The topological polar surface area (TPSA) is 49.4 Å². The summed E-state index contributed by atoms with van der Waals surface area (Å²) in [5, 5.41) is 2.94. The molecule has 0 aliphatic carbocycles. The van der Waals surface area contributed by atoms with Crippen LogP contribution >= 0.6 is 0 Å². The number of carbonyl (C=O) groups excluding carboxylic acids is 2. The maximum Gasteiger partial charge on any atom is 0.227 e. The standard InChI is InChI=1S/C21H22N2O2/c1-2-14-23(18-9-4-3-5-10-18)20(24)13-12-17-15-16-8-6-7-11-19(16)22-21(17)25/h2-11,17H,1,12-15H2,(H,22,25). The molecule has 1 heterocycles. The van der Waals surface area contributed by atoms with Crippen LogP contribution in [-0.4, -0.2) is 18.4 Å². The fourth-order valence-electron chi connectivity index (χ4n) is 3.17. The van der Waals surface area contributed by atoms with Crippen LogP contribution in [0.3, 0.4) is 0 Å². The molecule has 2 aromatic rings. The van der Waals surface area contributed by atoms with Crippen LogP contribution in [0.15, 0.2) is 67.3 Å². The number of nitrogens with zero attached hydrogens (tertiary/aromatic N) is 1. The Hall–Kier alpha value is -2.88. The molecule has 4 heteroatoms. The van der Waals surface area contributed by atoms with E-state index in [2.05, 4.69) is 11.9 Å². The third-order valence-corrected chi connectivity index (χ3v) is 4.50. The molecule has 4 nitrogen and oxygen atoms in total. The van der Waals surface area contributed by atoms with Gasteiger partial charge in [-0.25, -0.2) is 0 Å². The number of hydrogen-bond donors (Lipinski definition) is 1. The third-order valence-electron chi connectivity index (χ3n) is 4.50. The molecule has 2 amide bonds. The van der Waals surface area contributed by atoms with Crippen LogP contribution in [0, 0.1) is 5.92 Å². The van der Waals surface area contributed by atoms with Gasteiger partial charge in [0, 0.05) is 30.3 Å². The van der Waals surface area contributed by atoms with Crippen LogP contribution in [0.5, 0.6) is 0 Å². The highest BCUT2D eigenvalue weighted by Gasteiger charge is 2.27. The van der Waals surface area contributed by atoms with E-state index in [1.807, 2.05) is 54.6 Å². The quantitative estimate of drug-likeness (QED) is 0.817. The van der Waals surface area contributed by atoms with Crippen LogP contribution in [0.2, 0.25) is 0 Å². The van der Waals surface area contributed by atoms with Gasteiger partial charge in [0.1, 0.15) is 0 Å². The summed E-state index contributed by atoms with van der Waals surface area (Å²) in [6.07, 6.45) is 3.28. The van der Waals surface area contributed by atoms with Crippen LogP contribution in [-0.2, 0) is 16.0 Å². The van der Waals surface area contributed by atoms with Crippen molar-refractivity contribution >= 4 is 23.2 Å². The molecule has 0 saturated heterocycles. The Kier molecular flexibility index (Phi) is 5.29. The second kappa shape index (κ2) is 7.79. The fraction of sp³-hybridized carbons (Fsp3) is 0.238. The van der Waals surface area contributed by atoms with Crippen molar-refractivity contribution in [2.75, 3.05) is 16.8 Å². The lowest BCUT2D eigenvalue weighted by Crippen LogP contribution is -2.34. The highest BCUT2D eigenvalue weighted by Crippen LogP contribution is 2.28. The lowest BCUT2D eigenvalue weighted by molar-refractivity contribution is -0.121. The molecule has 25 heavy (non-hydrogen) atoms. The molecule has 3 rings (SSSR count).